The van der Waals surface area contributed by atoms with Crippen LogP contribution in [0.15, 0.2) is 54.6 Å². The van der Waals surface area contributed by atoms with Gasteiger partial charge < -0.3 is 10.2 Å². The molecule has 4 nitrogen and oxygen atoms in total. The zero-order valence-corrected chi connectivity index (χ0v) is 16.0. The zero-order valence-electron chi connectivity index (χ0n) is 16.0. The summed E-state index contributed by atoms with van der Waals surface area (Å²) in [4.78, 5) is 27.1. The Labute approximate surface area is 160 Å². The number of halogens is 1. The Kier molecular flexibility index (Phi) is 7.99. The molecule has 1 N–H and O–H groups in total. The quantitative estimate of drug-likeness (QED) is 0.732. The summed E-state index contributed by atoms with van der Waals surface area (Å²) in [6, 6.07) is 15.1. The first-order valence-corrected chi connectivity index (χ1v) is 9.40. The molecule has 0 bridgehead atoms. The van der Waals surface area contributed by atoms with Crippen LogP contribution in [0.25, 0.3) is 0 Å². The highest BCUT2D eigenvalue weighted by atomic mass is 19.1. The Morgan fingerprint density at radius 3 is 2.26 bits per heavy atom. The Morgan fingerprint density at radius 2 is 1.67 bits per heavy atom. The van der Waals surface area contributed by atoms with Crippen LogP contribution in [0.4, 0.5) is 4.39 Å². The van der Waals surface area contributed by atoms with Gasteiger partial charge in [0.2, 0.25) is 11.8 Å². The van der Waals surface area contributed by atoms with Crippen molar-refractivity contribution < 1.29 is 14.0 Å². The van der Waals surface area contributed by atoms with Gasteiger partial charge in [-0.25, -0.2) is 4.39 Å². The van der Waals surface area contributed by atoms with E-state index in [9.17, 15) is 14.0 Å². The van der Waals surface area contributed by atoms with Crippen LogP contribution in [0.2, 0.25) is 0 Å². The number of hydrogen-bond acceptors (Lipinski definition) is 2. The molecule has 1 atom stereocenters. The van der Waals surface area contributed by atoms with Gasteiger partial charge in [-0.05, 0) is 29.7 Å². The van der Waals surface area contributed by atoms with Gasteiger partial charge in [-0.2, -0.15) is 0 Å². The number of amides is 2. The van der Waals surface area contributed by atoms with Crippen molar-refractivity contribution in [1.82, 2.24) is 10.2 Å². The lowest BCUT2D eigenvalue weighted by Gasteiger charge is -2.31. The predicted molar refractivity (Wildman–Crippen MR) is 104 cm³/mol. The van der Waals surface area contributed by atoms with E-state index in [0.29, 0.717) is 19.4 Å². The molecule has 0 heterocycles. The Morgan fingerprint density at radius 1 is 1.00 bits per heavy atom. The highest BCUT2D eigenvalue weighted by molar-refractivity contribution is 5.87. The third-order valence-electron chi connectivity index (χ3n) is 4.39. The van der Waals surface area contributed by atoms with Gasteiger partial charge in [-0.15, -0.1) is 0 Å². The van der Waals surface area contributed by atoms with E-state index in [-0.39, 0.29) is 24.2 Å². The van der Waals surface area contributed by atoms with Gasteiger partial charge >= 0.3 is 0 Å². The van der Waals surface area contributed by atoms with E-state index in [1.807, 2.05) is 37.3 Å². The van der Waals surface area contributed by atoms with Crippen LogP contribution in [0.1, 0.15) is 37.8 Å². The normalized spacial score (nSPS) is 11.7. The average Bonchev–Trinajstić information content (AvgIpc) is 2.70. The Hall–Kier alpha value is -2.69. The minimum absolute atomic E-state index is 0.105. The fourth-order valence-electron chi connectivity index (χ4n) is 2.91. The summed E-state index contributed by atoms with van der Waals surface area (Å²) in [6.07, 6.45) is 1.56. The summed E-state index contributed by atoms with van der Waals surface area (Å²) in [6.45, 7) is 4.60. The fraction of sp³-hybridized carbons (Fsp3) is 0.364. The molecule has 0 aromatic heterocycles. The van der Waals surface area contributed by atoms with Crippen molar-refractivity contribution in [3.05, 3.63) is 71.5 Å². The molecule has 144 valence electrons. The van der Waals surface area contributed by atoms with Gasteiger partial charge in [0.1, 0.15) is 11.9 Å². The van der Waals surface area contributed by atoms with E-state index in [0.717, 1.165) is 17.5 Å². The van der Waals surface area contributed by atoms with E-state index in [4.69, 9.17) is 0 Å². The van der Waals surface area contributed by atoms with Crippen LogP contribution < -0.4 is 5.32 Å². The minimum Gasteiger partial charge on any atom is -0.354 e. The van der Waals surface area contributed by atoms with Crippen molar-refractivity contribution >= 4 is 11.8 Å². The Bertz CT molecular complexity index is 732. The van der Waals surface area contributed by atoms with E-state index in [1.54, 1.807) is 24.0 Å². The maximum atomic E-state index is 13.2. The van der Waals surface area contributed by atoms with Crippen molar-refractivity contribution in [2.45, 2.75) is 45.7 Å². The van der Waals surface area contributed by atoms with Crippen molar-refractivity contribution in [2.24, 2.45) is 0 Å². The van der Waals surface area contributed by atoms with Gasteiger partial charge in [0, 0.05) is 25.9 Å². The number of carbonyl (C=O) groups excluding carboxylic acids is 2. The lowest BCUT2D eigenvalue weighted by atomic mass is 10.0. The fourth-order valence-corrected chi connectivity index (χ4v) is 2.91. The summed E-state index contributed by atoms with van der Waals surface area (Å²) >= 11 is 0. The van der Waals surface area contributed by atoms with E-state index in [2.05, 4.69) is 5.32 Å². The third kappa shape index (κ3) is 6.20. The minimum atomic E-state index is -0.614. The van der Waals surface area contributed by atoms with E-state index >= 15 is 0 Å². The topological polar surface area (TPSA) is 49.4 Å². The largest absolute Gasteiger partial charge is 0.354 e. The van der Waals surface area contributed by atoms with Crippen LogP contribution in [0, 0.1) is 5.82 Å². The second-order valence-electron chi connectivity index (χ2n) is 6.50. The number of nitrogens with zero attached hydrogens (tertiary/aromatic N) is 1. The predicted octanol–water partition coefficient (Wildman–Crippen LogP) is 3.70. The van der Waals surface area contributed by atoms with Crippen LogP contribution in [0.3, 0.4) is 0 Å². The number of carbonyl (C=O) groups is 2. The summed E-state index contributed by atoms with van der Waals surface area (Å²) in [5.41, 5.74) is 1.78. The summed E-state index contributed by atoms with van der Waals surface area (Å²) in [7, 11) is 0. The summed E-state index contributed by atoms with van der Waals surface area (Å²) < 4.78 is 13.2. The molecule has 5 heteroatoms. The van der Waals surface area contributed by atoms with Crippen molar-refractivity contribution in [1.29, 1.82) is 0 Å². The number of rotatable bonds is 9. The second-order valence-corrected chi connectivity index (χ2v) is 6.50. The maximum Gasteiger partial charge on any atom is 0.243 e. The lowest BCUT2D eigenvalue weighted by molar-refractivity contribution is -0.141. The molecule has 27 heavy (non-hydrogen) atoms. The average molecular weight is 370 g/mol. The smallest absolute Gasteiger partial charge is 0.243 e. The first-order chi connectivity index (χ1) is 13.0. The van der Waals surface area contributed by atoms with E-state index in [1.165, 1.54) is 12.1 Å². The van der Waals surface area contributed by atoms with Gasteiger partial charge in [0.25, 0.3) is 0 Å². The third-order valence-corrected chi connectivity index (χ3v) is 4.39. The zero-order chi connectivity index (χ0) is 19.6. The standard InChI is InChI=1S/C22H27FN2O2/c1-3-14-24-22(27)20(15-17-8-6-5-7-9-17)25(21(26)4-2)16-18-10-12-19(23)13-11-18/h5-13,20H,3-4,14-16H2,1-2H3,(H,24,27)/t20-/m0/s1. The monoisotopic (exact) mass is 370 g/mol. The molecule has 2 aromatic carbocycles. The number of nitrogens with one attached hydrogen (secondary N) is 1. The molecule has 2 amide bonds. The second kappa shape index (κ2) is 10.5. The first-order valence-electron chi connectivity index (χ1n) is 9.40. The Balaban J connectivity index is 2.30. The van der Waals surface area contributed by atoms with Crippen LogP contribution in [-0.4, -0.2) is 29.3 Å². The highest BCUT2D eigenvalue weighted by Crippen LogP contribution is 2.16. The molecule has 0 unspecified atom stereocenters. The van der Waals surface area contributed by atoms with Crippen molar-refractivity contribution in [3.63, 3.8) is 0 Å². The molecule has 0 aliphatic heterocycles. The number of benzene rings is 2. The lowest BCUT2D eigenvalue weighted by Crippen LogP contribution is -2.50. The molecule has 0 aliphatic carbocycles. The van der Waals surface area contributed by atoms with Crippen molar-refractivity contribution in [2.75, 3.05) is 6.54 Å². The first kappa shape index (κ1) is 20.6. The van der Waals surface area contributed by atoms with Crippen LogP contribution in [0.5, 0.6) is 0 Å². The molecule has 2 aromatic rings. The molecule has 0 radical (unpaired) electrons. The highest BCUT2D eigenvalue weighted by Gasteiger charge is 2.29. The van der Waals surface area contributed by atoms with Gasteiger partial charge in [-0.1, -0.05) is 56.3 Å². The van der Waals surface area contributed by atoms with Gasteiger partial charge in [-0.3, -0.25) is 9.59 Å². The molecule has 0 spiro atoms. The maximum absolute atomic E-state index is 13.2. The van der Waals surface area contributed by atoms with Crippen LogP contribution in [-0.2, 0) is 22.6 Å². The van der Waals surface area contributed by atoms with Gasteiger partial charge in [0.15, 0.2) is 0 Å². The number of hydrogen-bond donors (Lipinski definition) is 1. The molecule has 0 aliphatic rings. The molecular weight excluding hydrogens is 343 g/mol. The molecular formula is C22H27FN2O2. The SMILES string of the molecule is CCCNC(=O)[C@H](Cc1ccccc1)N(Cc1ccc(F)cc1)C(=O)CC. The van der Waals surface area contributed by atoms with Gasteiger partial charge in [0.05, 0.1) is 0 Å². The molecule has 0 saturated carbocycles. The molecule has 0 fully saturated rings. The molecule has 2 rings (SSSR count). The van der Waals surface area contributed by atoms with E-state index < -0.39 is 6.04 Å². The molecule has 0 saturated heterocycles. The summed E-state index contributed by atoms with van der Waals surface area (Å²) in [5, 5.41) is 2.91. The van der Waals surface area contributed by atoms with Crippen LogP contribution >= 0.6 is 0 Å². The van der Waals surface area contributed by atoms with Crippen molar-refractivity contribution in [3.8, 4) is 0 Å². The summed E-state index contributed by atoms with van der Waals surface area (Å²) in [5.74, 6) is -0.592.